The molecule has 0 radical (unpaired) electrons. The van der Waals surface area contributed by atoms with Gasteiger partial charge in [-0.1, -0.05) is 11.2 Å². The summed E-state index contributed by atoms with van der Waals surface area (Å²) < 4.78 is 13.1. The van der Waals surface area contributed by atoms with Gasteiger partial charge in [-0.3, -0.25) is 4.79 Å². The molecule has 0 aliphatic heterocycles. The fraction of sp³-hybridized carbons (Fsp3) is 0.385. The molecule has 0 atom stereocenters. The van der Waals surface area contributed by atoms with Crippen molar-refractivity contribution < 1.29 is 14.4 Å². The van der Waals surface area contributed by atoms with Gasteiger partial charge in [-0.2, -0.15) is 0 Å². The lowest BCUT2D eigenvalue weighted by atomic mass is 10.1. The number of hydrogen-bond acceptors (Lipinski definition) is 3. The standard InChI is InChI=1S/C13H18FN3O2/c1-9(2)17(7-6-12(15)16-19)13(18)10-4-3-5-11(14)8-10/h3-5,8-9,19H,6-7H2,1-2H3,(H2,15,16). The molecule has 0 bridgehead atoms. The molecule has 19 heavy (non-hydrogen) atoms. The van der Waals surface area contributed by atoms with Crippen molar-refractivity contribution in [3.63, 3.8) is 0 Å². The number of halogens is 1. The second-order valence-corrected chi connectivity index (χ2v) is 4.44. The first-order valence-electron chi connectivity index (χ1n) is 5.98. The van der Waals surface area contributed by atoms with Gasteiger partial charge in [0, 0.05) is 24.6 Å². The van der Waals surface area contributed by atoms with Crippen LogP contribution in [0.15, 0.2) is 29.4 Å². The van der Waals surface area contributed by atoms with Crippen molar-refractivity contribution in [1.29, 1.82) is 0 Å². The molecule has 0 saturated heterocycles. The Labute approximate surface area is 111 Å². The highest BCUT2D eigenvalue weighted by Gasteiger charge is 2.19. The summed E-state index contributed by atoms with van der Waals surface area (Å²) in [4.78, 5) is 13.8. The third-order valence-corrected chi connectivity index (χ3v) is 2.69. The molecular formula is C13H18FN3O2. The van der Waals surface area contributed by atoms with Gasteiger partial charge in [-0.05, 0) is 32.0 Å². The summed E-state index contributed by atoms with van der Waals surface area (Å²) in [6.45, 7) is 4.01. The Morgan fingerprint density at radius 1 is 1.53 bits per heavy atom. The lowest BCUT2D eigenvalue weighted by molar-refractivity contribution is 0.0710. The van der Waals surface area contributed by atoms with E-state index in [0.29, 0.717) is 6.54 Å². The number of hydrogen-bond donors (Lipinski definition) is 2. The number of amides is 1. The molecule has 3 N–H and O–H groups in total. The van der Waals surface area contributed by atoms with Crippen molar-refractivity contribution in [3.05, 3.63) is 35.6 Å². The fourth-order valence-corrected chi connectivity index (χ4v) is 1.67. The largest absolute Gasteiger partial charge is 0.409 e. The predicted octanol–water partition coefficient (Wildman–Crippen LogP) is 1.81. The van der Waals surface area contributed by atoms with E-state index in [1.165, 1.54) is 18.2 Å². The van der Waals surface area contributed by atoms with Gasteiger partial charge in [0.2, 0.25) is 0 Å². The lowest BCUT2D eigenvalue weighted by Gasteiger charge is -2.26. The molecule has 1 aromatic carbocycles. The highest BCUT2D eigenvalue weighted by molar-refractivity contribution is 5.94. The minimum absolute atomic E-state index is 0.0534. The molecule has 0 unspecified atom stereocenters. The van der Waals surface area contributed by atoms with E-state index in [2.05, 4.69) is 5.16 Å². The quantitative estimate of drug-likeness (QED) is 0.369. The van der Waals surface area contributed by atoms with Gasteiger partial charge in [0.15, 0.2) is 0 Å². The SMILES string of the molecule is CC(C)N(CCC(N)=NO)C(=O)c1cccc(F)c1. The van der Waals surface area contributed by atoms with E-state index in [9.17, 15) is 9.18 Å². The minimum Gasteiger partial charge on any atom is -0.409 e. The Kier molecular flexibility index (Phi) is 5.29. The topological polar surface area (TPSA) is 78.9 Å². The molecule has 0 aliphatic carbocycles. The summed E-state index contributed by atoms with van der Waals surface area (Å²) in [5, 5.41) is 11.4. The molecule has 0 aromatic heterocycles. The zero-order valence-electron chi connectivity index (χ0n) is 11.0. The molecule has 0 fully saturated rings. The first kappa shape index (κ1) is 14.9. The van der Waals surface area contributed by atoms with Crippen LogP contribution in [-0.4, -0.2) is 34.4 Å². The number of rotatable bonds is 5. The molecule has 0 aliphatic rings. The average Bonchev–Trinajstić information content (AvgIpc) is 2.38. The smallest absolute Gasteiger partial charge is 0.254 e. The van der Waals surface area contributed by atoms with Crippen LogP contribution in [0.4, 0.5) is 4.39 Å². The molecule has 0 saturated carbocycles. The van der Waals surface area contributed by atoms with Crippen LogP contribution >= 0.6 is 0 Å². The molecule has 1 aromatic rings. The fourth-order valence-electron chi connectivity index (χ4n) is 1.67. The third kappa shape index (κ3) is 4.24. The number of carbonyl (C=O) groups is 1. The first-order valence-corrected chi connectivity index (χ1v) is 5.98. The molecular weight excluding hydrogens is 249 g/mol. The van der Waals surface area contributed by atoms with E-state index >= 15 is 0 Å². The molecule has 1 rings (SSSR count). The highest BCUT2D eigenvalue weighted by Crippen LogP contribution is 2.11. The van der Waals surface area contributed by atoms with E-state index in [1.807, 2.05) is 13.8 Å². The summed E-state index contributed by atoms with van der Waals surface area (Å²) in [7, 11) is 0. The van der Waals surface area contributed by atoms with Crippen LogP contribution in [0.5, 0.6) is 0 Å². The van der Waals surface area contributed by atoms with Crippen LogP contribution in [0.2, 0.25) is 0 Å². The van der Waals surface area contributed by atoms with Gasteiger partial charge in [0.1, 0.15) is 11.7 Å². The van der Waals surface area contributed by atoms with E-state index in [4.69, 9.17) is 10.9 Å². The Morgan fingerprint density at radius 3 is 2.74 bits per heavy atom. The minimum atomic E-state index is -0.453. The van der Waals surface area contributed by atoms with Gasteiger partial charge in [-0.15, -0.1) is 0 Å². The van der Waals surface area contributed by atoms with Crippen LogP contribution in [0.1, 0.15) is 30.6 Å². The maximum Gasteiger partial charge on any atom is 0.254 e. The normalized spacial score (nSPS) is 11.7. The first-order chi connectivity index (χ1) is 8.95. The Morgan fingerprint density at radius 2 is 2.21 bits per heavy atom. The maximum absolute atomic E-state index is 13.1. The number of amidine groups is 1. The van der Waals surface area contributed by atoms with Crippen LogP contribution in [0, 0.1) is 5.82 Å². The molecule has 0 heterocycles. The van der Waals surface area contributed by atoms with Crippen molar-refractivity contribution in [2.24, 2.45) is 10.9 Å². The van der Waals surface area contributed by atoms with Gasteiger partial charge >= 0.3 is 0 Å². The van der Waals surface area contributed by atoms with Gasteiger partial charge in [-0.25, -0.2) is 4.39 Å². The van der Waals surface area contributed by atoms with Crippen LogP contribution in [-0.2, 0) is 0 Å². The molecule has 0 spiro atoms. The highest BCUT2D eigenvalue weighted by atomic mass is 19.1. The second-order valence-electron chi connectivity index (χ2n) is 4.44. The van der Waals surface area contributed by atoms with Gasteiger partial charge in [0.25, 0.3) is 5.91 Å². The summed E-state index contributed by atoms with van der Waals surface area (Å²) in [6, 6.07) is 5.46. The number of carbonyl (C=O) groups excluding carboxylic acids is 1. The van der Waals surface area contributed by atoms with Crippen LogP contribution < -0.4 is 5.73 Å². The van der Waals surface area contributed by atoms with Crippen LogP contribution in [0.25, 0.3) is 0 Å². The molecule has 5 nitrogen and oxygen atoms in total. The monoisotopic (exact) mass is 267 g/mol. The zero-order chi connectivity index (χ0) is 14.4. The summed E-state index contributed by atoms with van der Waals surface area (Å²) in [5.74, 6) is -0.677. The van der Waals surface area contributed by atoms with Crippen molar-refractivity contribution in [1.82, 2.24) is 4.90 Å². The second kappa shape index (κ2) is 6.72. The number of nitrogens with zero attached hydrogens (tertiary/aromatic N) is 2. The van der Waals surface area contributed by atoms with E-state index in [0.717, 1.165) is 0 Å². The Hall–Kier alpha value is -2.11. The Balaban J connectivity index is 2.84. The lowest BCUT2D eigenvalue weighted by Crippen LogP contribution is -2.39. The zero-order valence-corrected chi connectivity index (χ0v) is 11.0. The summed E-state index contributed by atoms with van der Waals surface area (Å²) in [5.41, 5.74) is 5.67. The third-order valence-electron chi connectivity index (χ3n) is 2.69. The average molecular weight is 267 g/mol. The van der Waals surface area contributed by atoms with Gasteiger partial charge < -0.3 is 15.8 Å². The number of nitrogens with two attached hydrogens (primary N) is 1. The van der Waals surface area contributed by atoms with Gasteiger partial charge in [0.05, 0.1) is 0 Å². The molecule has 104 valence electrons. The Bertz CT molecular complexity index is 475. The van der Waals surface area contributed by atoms with Crippen molar-refractivity contribution in [2.45, 2.75) is 26.3 Å². The molecule has 6 heteroatoms. The molecule has 1 amide bonds. The van der Waals surface area contributed by atoms with Crippen molar-refractivity contribution >= 4 is 11.7 Å². The van der Waals surface area contributed by atoms with Crippen molar-refractivity contribution in [3.8, 4) is 0 Å². The predicted molar refractivity (Wildman–Crippen MR) is 70.6 cm³/mol. The summed E-state index contributed by atoms with van der Waals surface area (Å²) >= 11 is 0. The number of benzene rings is 1. The number of oxime groups is 1. The summed E-state index contributed by atoms with van der Waals surface area (Å²) in [6.07, 6.45) is 0.260. The van der Waals surface area contributed by atoms with E-state index < -0.39 is 5.82 Å². The van der Waals surface area contributed by atoms with Crippen LogP contribution in [0.3, 0.4) is 0 Å². The van der Waals surface area contributed by atoms with E-state index in [-0.39, 0.29) is 29.8 Å². The van der Waals surface area contributed by atoms with Crippen molar-refractivity contribution in [2.75, 3.05) is 6.54 Å². The van der Waals surface area contributed by atoms with E-state index in [1.54, 1.807) is 11.0 Å². The maximum atomic E-state index is 13.1.